The van der Waals surface area contributed by atoms with Gasteiger partial charge in [0.05, 0.1) is 0 Å². The minimum absolute atomic E-state index is 0.243. The fourth-order valence-electron chi connectivity index (χ4n) is 2.81. The van der Waals surface area contributed by atoms with Crippen molar-refractivity contribution in [1.29, 1.82) is 0 Å². The van der Waals surface area contributed by atoms with Crippen molar-refractivity contribution < 1.29 is 9.90 Å². The van der Waals surface area contributed by atoms with Crippen molar-refractivity contribution in [2.24, 2.45) is 5.92 Å². The number of aryl methyl sites for hydroxylation is 2. The molecule has 0 saturated carbocycles. The Kier molecular flexibility index (Phi) is 5.43. The quantitative estimate of drug-likeness (QED) is 0.777. The van der Waals surface area contributed by atoms with Gasteiger partial charge in [-0.3, -0.25) is 4.79 Å². The van der Waals surface area contributed by atoms with Crippen molar-refractivity contribution in [2.75, 3.05) is 0 Å². The molecule has 3 nitrogen and oxygen atoms in total. The van der Waals surface area contributed by atoms with E-state index in [1.165, 1.54) is 29.3 Å². The highest BCUT2D eigenvalue weighted by molar-refractivity contribution is 5.84. The molecule has 0 aliphatic heterocycles. The molecule has 0 radical (unpaired) electrons. The zero-order chi connectivity index (χ0) is 15.2. The lowest BCUT2D eigenvalue weighted by atomic mass is 10.1. The van der Waals surface area contributed by atoms with Crippen molar-refractivity contribution >= 4 is 16.9 Å². The van der Waals surface area contributed by atoms with Crippen LogP contribution >= 0.6 is 0 Å². The second-order valence-electron chi connectivity index (χ2n) is 6.15. The molecule has 0 aliphatic carbocycles. The summed E-state index contributed by atoms with van der Waals surface area (Å²) in [4.78, 5) is 10.7. The fraction of sp³-hybridized carbons (Fsp3) is 0.500. The summed E-state index contributed by atoms with van der Waals surface area (Å²) < 4.78 is 2.33. The van der Waals surface area contributed by atoms with Gasteiger partial charge in [0.25, 0.3) is 0 Å². The van der Waals surface area contributed by atoms with Gasteiger partial charge in [0.15, 0.2) is 0 Å². The van der Waals surface area contributed by atoms with Crippen LogP contribution in [0, 0.1) is 5.92 Å². The largest absolute Gasteiger partial charge is 0.481 e. The van der Waals surface area contributed by atoms with Crippen LogP contribution in [0.15, 0.2) is 30.5 Å². The number of aromatic nitrogens is 1. The molecular weight excluding hydrogens is 262 g/mol. The highest BCUT2D eigenvalue weighted by Crippen LogP contribution is 2.23. The number of hydrogen-bond acceptors (Lipinski definition) is 1. The number of fused-ring (bicyclic) bond motifs is 1. The smallest absolute Gasteiger partial charge is 0.303 e. The normalized spacial score (nSPS) is 11.4. The minimum Gasteiger partial charge on any atom is -0.481 e. The molecule has 1 aromatic heterocycles. The van der Waals surface area contributed by atoms with Gasteiger partial charge in [-0.2, -0.15) is 0 Å². The van der Waals surface area contributed by atoms with Crippen LogP contribution in [0.4, 0.5) is 0 Å². The molecule has 1 aromatic carbocycles. The summed E-state index contributed by atoms with van der Waals surface area (Å²) in [5.41, 5.74) is 2.54. The zero-order valence-corrected chi connectivity index (χ0v) is 13.0. The summed E-state index contributed by atoms with van der Waals surface area (Å²) >= 11 is 0. The predicted octanol–water partition coefficient (Wildman–Crippen LogP) is 4.48. The molecule has 0 unspecified atom stereocenters. The Labute approximate surface area is 126 Å². The Balaban J connectivity index is 2.12. The Bertz CT molecular complexity index is 598. The lowest BCUT2D eigenvalue weighted by Crippen LogP contribution is -1.98. The Morgan fingerprint density at radius 2 is 2.00 bits per heavy atom. The molecule has 0 spiro atoms. The number of hydrogen-bond donors (Lipinski definition) is 1. The van der Waals surface area contributed by atoms with Gasteiger partial charge < -0.3 is 9.67 Å². The number of para-hydroxylation sites is 1. The highest BCUT2D eigenvalue weighted by Gasteiger charge is 2.08. The predicted molar refractivity (Wildman–Crippen MR) is 86.6 cm³/mol. The van der Waals surface area contributed by atoms with Gasteiger partial charge in [0, 0.05) is 30.1 Å². The van der Waals surface area contributed by atoms with E-state index in [0.29, 0.717) is 6.42 Å². The van der Waals surface area contributed by atoms with Gasteiger partial charge in [0.1, 0.15) is 0 Å². The molecule has 1 N–H and O–H groups in total. The Morgan fingerprint density at radius 3 is 2.71 bits per heavy atom. The summed E-state index contributed by atoms with van der Waals surface area (Å²) in [5.74, 6) is 0.0255. The van der Waals surface area contributed by atoms with Gasteiger partial charge in [-0.15, -0.1) is 0 Å². The van der Waals surface area contributed by atoms with Crippen LogP contribution in [0.5, 0.6) is 0 Å². The third kappa shape index (κ3) is 4.35. The number of nitrogens with zero attached hydrogens (tertiary/aromatic N) is 1. The molecule has 2 rings (SSSR count). The molecule has 21 heavy (non-hydrogen) atoms. The molecule has 0 fully saturated rings. The second kappa shape index (κ2) is 7.30. The Morgan fingerprint density at radius 1 is 1.24 bits per heavy atom. The monoisotopic (exact) mass is 287 g/mol. The standard InChI is InChI=1S/C18H25NO2/c1-14(2)7-6-12-19-13-15(8-5-11-18(20)21)16-9-3-4-10-17(16)19/h3-4,9-10,13-14H,5-8,11-12H2,1-2H3,(H,20,21). The van der Waals surface area contributed by atoms with Crippen molar-refractivity contribution in [3.63, 3.8) is 0 Å². The maximum Gasteiger partial charge on any atom is 0.303 e. The average molecular weight is 287 g/mol. The van der Waals surface area contributed by atoms with E-state index in [2.05, 4.69) is 48.9 Å². The molecule has 0 atom stereocenters. The van der Waals surface area contributed by atoms with E-state index in [4.69, 9.17) is 5.11 Å². The first-order valence-corrected chi connectivity index (χ1v) is 7.86. The summed E-state index contributed by atoms with van der Waals surface area (Å²) in [6.07, 6.45) is 6.42. The van der Waals surface area contributed by atoms with E-state index in [1.54, 1.807) is 0 Å². The lowest BCUT2D eigenvalue weighted by Gasteiger charge is -2.07. The van der Waals surface area contributed by atoms with Gasteiger partial charge in [-0.25, -0.2) is 0 Å². The van der Waals surface area contributed by atoms with Gasteiger partial charge >= 0.3 is 5.97 Å². The van der Waals surface area contributed by atoms with E-state index in [0.717, 1.165) is 18.9 Å². The summed E-state index contributed by atoms with van der Waals surface area (Å²) in [6, 6.07) is 8.43. The molecule has 2 aromatic rings. The van der Waals surface area contributed by atoms with Crippen LogP contribution in [-0.4, -0.2) is 15.6 Å². The fourth-order valence-corrected chi connectivity index (χ4v) is 2.81. The zero-order valence-electron chi connectivity index (χ0n) is 13.0. The van der Waals surface area contributed by atoms with Crippen LogP contribution in [0.2, 0.25) is 0 Å². The van der Waals surface area contributed by atoms with Gasteiger partial charge in [-0.1, -0.05) is 32.0 Å². The maximum absolute atomic E-state index is 10.7. The number of carboxylic acids is 1. The van der Waals surface area contributed by atoms with Gasteiger partial charge in [0.2, 0.25) is 0 Å². The summed E-state index contributed by atoms with van der Waals surface area (Å²) in [6.45, 7) is 5.55. The molecular formula is C18H25NO2. The van der Waals surface area contributed by atoms with Crippen LogP contribution in [0.25, 0.3) is 10.9 Å². The van der Waals surface area contributed by atoms with Crippen LogP contribution in [0.3, 0.4) is 0 Å². The third-order valence-corrected chi connectivity index (χ3v) is 3.89. The topological polar surface area (TPSA) is 42.2 Å². The number of carboxylic acid groups (broad SMARTS) is 1. The van der Waals surface area contributed by atoms with Crippen LogP contribution < -0.4 is 0 Å². The molecule has 0 saturated heterocycles. The third-order valence-electron chi connectivity index (χ3n) is 3.89. The summed E-state index contributed by atoms with van der Waals surface area (Å²) in [7, 11) is 0. The Hall–Kier alpha value is -1.77. The van der Waals surface area contributed by atoms with Crippen LogP contribution in [0.1, 0.15) is 45.1 Å². The summed E-state index contributed by atoms with van der Waals surface area (Å²) in [5, 5.41) is 10.0. The van der Waals surface area contributed by atoms with Gasteiger partial charge in [-0.05, 0) is 43.2 Å². The first-order valence-electron chi connectivity index (χ1n) is 7.86. The molecule has 0 bridgehead atoms. The number of benzene rings is 1. The highest BCUT2D eigenvalue weighted by atomic mass is 16.4. The average Bonchev–Trinajstić information content (AvgIpc) is 2.77. The second-order valence-corrected chi connectivity index (χ2v) is 6.15. The minimum atomic E-state index is -0.712. The number of carbonyl (C=O) groups is 1. The van der Waals surface area contributed by atoms with E-state index in [9.17, 15) is 4.79 Å². The lowest BCUT2D eigenvalue weighted by molar-refractivity contribution is -0.137. The number of aliphatic carboxylic acids is 1. The SMILES string of the molecule is CC(C)CCCn1cc(CCCC(=O)O)c2ccccc21. The van der Waals surface area contributed by atoms with E-state index in [1.807, 2.05) is 0 Å². The molecule has 114 valence electrons. The molecule has 1 heterocycles. The molecule has 3 heteroatoms. The van der Waals surface area contributed by atoms with Crippen molar-refractivity contribution in [3.05, 3.63) is 36.0 Å². The van der Waals surface area contributed by atoms with Crippen molar-refractivity contribution in [1.82, 2.24) is 4.57 Å². The van der Waals surface area contributed by atoms with Crippen LogP contribution in [-0.2, 0) is 17.8 Å². The maximum atomic E-state index is 10.7. The van der Waals surface area contributed by atoms with E-state index in [-0.39, 0.29) is 6.42 Å². The van der Waals surface area contributed by atoms with E-state index >= 15 is 0 Å². The molecule has 0 aliphatic rings. The van der Waals surface area contributed by atoms with Crippen molar-refractivity contribution in [2.45, 2.75) is 52.5 Å². The van der Waals surface area contributed by atoms with E-state index < -0.39 is 5.97 Å². The molecule has 0 amide bonds. The van der Waals surface area contributed by atoms with Crippen molar-refractivity contribution in [3.8, 4) is 0 Å². The number of rotatable bonds is 8. The first kappa shape index (κ1) is 15.6. The first-order chi connectivity index (χ1) is 10.1.